The first-order valence-electron chi connectivity index (χ1n) is 11.0. The smallest absolute Gasteiger partial charge is 0.355 e. The number of Topliss-reactive ketones (excluding diaryl/α,β-unsaturated/α-hetero) is 1. The van der Waals surface area contributed by atoms with Crippen molar-refractivity contribution in [1.82, 2.24) is 9.47 Å². The average molecular weight is 429 g/mol. The molecule has 0 aliphatic heterocycles. The maximum absolute atomic E-state index is 13.7. The number of carbonyl (C=O) groups excluding carboxylic acids is 3. The molecular formula is C24H32N2O5. The summed E-state index contributed by atoms with van der Waals surface area (Å²) in [4.78, 5) is 41.2. The van der Waals surface area contributed by atoms with E-state index in [1.165, 1.54) is 6.26 Å². The van der Waals surface area contributed by atoms with Gasteiger partial charge in [0, 0.05) is 24.3 Å². The van der Waals surface area contributed by atoms with Crippen molar-refractivity contribution in [1.29, 1.82) is 0 Å². The molecule has 1 saturated carbocycles. The Morgan fingerprint density at radius 2 is 1.90 bits per heavy atom. The molecule has 1 unspecified atom stereocenters. The normalized spacial score (nSPS) is 15.5. The van der Waals surface area contributed by atoms with Crippen LogP contribution in [-0.4, -0.2) is 45.8 Å². The molecule has 2 aromatic heterocycles. The predicted octanol–water partition coefficient (Wildman–Crippen LogP) is 4.46. The van der Waals surface area contributed by atoms with Crippen molar-refractivity contribution >= 4 is 17.7 Å². The fourth-order valence-corrected chi connectivity index (χ4v) is 4.71. The van der Waals surface area contributed by atoms with E-state index in [0.717, 1.165) is 32.1 Å². The second-order valence-corrected chi connectivity index (χ2v) is 8.24. The Kier molecular flexibility index (Phi) is 7.03. The zero-order valence-corrected chi connectivity index (χ0v) is 19.1. The van der Waals surface area contributed by atoms with E-state index in [1.807, 2.05) is 6.92 Å². The van der Waals surface area contributed by atoms with Crippen LogP contribution in [0, 0.1) is 13.8 Å². The number of furan rings is 1. The summed E-state index contributed by atoms with van der Waals surface area (Å²) >= 11 is 0. The zero-order chi connectivity index (χ0) is 22.7. The van der Waals surface area contributed by atoms with E-state index in [1.54, 1.807) is 49.4 Å². The number of hydrogen-bond acceptors (Lipinski definition) is 5. The van der Waals surface area contributed by atoms with Gasteiger partial charge in [-0.3, -0.25) is 9.59 Å². The highest BCUT2D eigenvalue weighted by Crippen LogP contribution is 2.30. The molecule has 3 rings (SSSR count). The number of rotatable bonds is 7. The number of carbonyl (C=O) groups is 3. The molecule has 7 heteroatoms. The molecule has 2 aromatic rings. The van der Waals surface area contributed by atoms with E-state index in [0.29, 0.717) is 22.5 Å². The molecule has 1 atom stereocenters. The number of aromatic nitrogens is 1. The van der Waals surface area contributed by atoms with Gasteiger partial charge in [-0.2, -0.15) is 0 Å². The fourth-order valence-electron chi connectivity index (χ4n) is 4.71. The third kappa shape index (κ3) is 4.31. The molecule has 2 heterocycles. The molecule has 31 heavy (non-hydrogen) atoms. The van der Waals surface area contributed by atoms with E-state index in [4.69, 9.17) is 9.15 Å². The molecular weight excluding hydrogens is 396 g/mol. The van der Waals surface area contributed by atoms with Gasteiger partial charge >= 0.3 is 5.97 Å². The average Bonchev–Trinajstić information content (AvgIpc) is 3.36. The molecule has 1 amide bonds. The highest BCUT2D eigenvalue weighted by molar-refractivity contribution is 6.07. The van der Waals surface area contributed by atoms with Gasteiger partial charge in [-0.25, -0.2) is 4.79 Å². The Morgan fingerprint density at radius 3 is 2.48 bits per heavy atom. The standard InChI is InChI=1S/C24H32N2O5/c1-6-30-24(29)21-15(2)20(16(3)25(21)5)22(27)17(4)26(18-11-8-7-9-12-18)23(28)19-13-10-14-31-19/h10,13-14,17-18H,6-9,11-12H2,1-5H3. The second kappa shape index (κ2) is 9.54. The number of esters is 1. The maximum atomic E-state index is 13.7. The first-order chi connectivity index (χ1) is 14.8. The third-order valence-corrected chi connectivity index (χ3v) is 6.38. The van der Waals surface area contributed by atoms with Crippen LogP contribution in [0.2, 0.25) is 0 Å². The molecule has 1 aliphatic carbocycles. The van der Waals surface area contributed by atoms with Gasteiger partial charge < -0.3 is 18.6 Å². The lowest BCUT2D eigenvalue weighted by molar-refractivity contribution is 0.0460. The molecule has 0 radical (unpaired) electrons. The minimum Gasteiger partial charge on any atom is -0.461 e. The van der Waals surface area contributed by atoms with Crippen LogP contribution in [0.1, 0.15) is 88.6 Å². The van der Waals surface area contributed by atoms with Crippen molar-refractivity contribution in [3.8, 4) is 0 Å². The van der Waals surface area contributed by atoms with Gasteiger partial charge in [-0.05, 0) is 58.2 Å². The van der Waals surface area contributed by atoms with Gasteiger partial charge in [0.25, 0.3) is 5.91 Å². The van der Waals surface area contributed by atoms with Crippen LogP contribution in [0.25, 0.3) is 0 Å². The van der Waals surface area contributed by atoms with Crippen LogP contribution in [0.3, 0.4) is 0 Å². The van der Waals surface area contributed by atoms with Gasteiger partial charge in [0.05, 0.1) is 18.9 Å². The summed E-state index contributed by atoms with van der Waals surface area (Å²) in [6.07, 6.45) is 6.40. The summed E-state index contributed by atoms with van der Waals surface area (Å²) in [6.45, 7) is 7.36. The summed E-state index contributed by atoms with van der Waals surface area (Å²) in [7, 11) is 1.75. The Labute approximate surface area is 183 Å². The molecule has 1 aliphatic rings. The van der Waals surface area contributed by atoms with Crippen molar-refractivity contribution < 1.29 is 23.5 Å². The Morgan fingerprint density at radius 1 is 1.23 bits per heavy atom. The molecule has 0 saturated heterocycles. The number of hydrogen-bond donors (Lipinski definition) is 0. The van der Waals surface area contributed by atoms with E-state index in [2.05, 4.69) is 0 Å². The minimum atomic E-state index is -0.685. The fraction of sp³-hybridized carbons (Fsp3) is 0.542. The molecule has 1 fully saturated rings. The van der Waals surface area contributed by atoms with Crippen LogP contribution in [-0.2, 0) is 11.8 Å². The van der Waals surface area contributed by atoms with Gasteiger partial charge in [-0.15, -0.1) is 0 Å². The molecule has 0 aromatic carbocycles. The van der Waals surface area contributed by atoms with Crippen molar-refractivity contribution in [3.63, 3.8) is 0 Å². The van der Waals surface area contributed by atoms with Crippen LogP contribution in [0.5, 0.6) is 0 Å². The van der Waals surface area contributed by atoms with Crippen molar-refractivity contribution in [2.24, 2.45) is 7.05 Å². The summed E-state index contributed by atoms with van der Waals surface area (Å²) < 4.78 is 12.2. The van der Waals surface area contributed by atoms with E-state index in [9.17, 15) is 14.4 Å². The lowest BCUT2D eigenvalue weighted by Crippen LogP contribution is -2.50. The number of nitrogens with zero attached hydrogens (tertiary/aromatic N) is 2. The Bertz CT molecular complexity index is 951. The van der Waals surface area contributed by atoms with Gasteiger partial charge in [0.15, 0.2) is 11.5 Å². The first-order valence-corrected chi connectivity index (χ1v) is 11.0. The highest BCUT2D eigenvalue weighted by atomic mass is 16.5. The van der Waals surface area contributed by atoms with Crippen LogP contribution in [0.15, 0.2) is 22.8 Å². The summed E-state index contributed by atoms with van der Waals surface area (Å²) in [5, 5.41) is 0. The van der Waals surface area contributed by atoms with E-state index >= 15 is 0 Å². The van der Waals surface area contributed by atoms with Crippen LogP contribution < -0.4 is 0 Å². The molecule has 168 valence electrons. The molecule has 7 nitrogen and oxygen atoms in total. The van der Waals surface area contributed by atoms with Gasteiger partial charge in [0.2, 0.25) is 0 Å². The molecule has 0 spiro atoms. The highest BCUT2D eigenvalue weighted by Gasteiger charge is 2.37. The third-order valence-electron chi connectivity index (χ3n) is 6.38. The predicted molar refractivity (Wildman–Crippen MR) is 116 cm³/mol. The Hall–Kier alpha value is -2.83. The van der Waals surface area contributed by atoms with E-state index < -0.39 is 12.0 Å². The molecule has 0 N–H and O–H groups in total. The van der Waals surface area contributed by atoms with Crippen LogP contribution in [0.4, 0.5) is 0 Å². The number of amides is 1. The SMILES string of the molecule is CCOC(=O)c1c(C)c(C(=O)C(C)N(C(=O)c2ccco2)C2CCCCC2)c(C)n1C. The summed E-state index contributed by atoms with van der Waals surface area (Å²) in [6, 6.07) is 2.61. The monoisotopic (exact) mass is 428 g/mol. The van der Waals surface area contributed by atoms with Gasteiger partial charge in [0.1, 0.15) is 5.69 Å². The summed E-state index contributed by atoms with van der Waals surface area (Å²) in [5.41, 5.74) is 2.12. The second-order valence-electron chi connectivity index (χ2n) is 8.24. The molecule has 0 bridgehead atoms. The number of ether oxygens (including phenoxy) is 1. The zero-order valence-electron chi connectivity index (χ0n) is 19.1. The Balaban J connectivity index is 1.99. The van der Waals surface area contributed by atoms with Crippen LogP contribution >= 0.6 is 0 Å². The van der Waals surface area contributed by atoms with Gasteiger partial charge in [-0.1, -0.05) is 19.3 Å². The van der Waals surface area contributed by atoms with Crippen molar-refractivity contribution in [2.45, 2.75) is 71.9 Å². The van der Waals surface area contributed by atoms with E-state index in [-0.39, 0.29) is 30.1 Å². The quantitative estimate of drug-likeness (QED) is 0.480. The first kappa shape index (κ1) is 22.8. The topological polar surface area (TPSA) is 81.8 Å². The minimum absolute atomic E-state index is 0.0147. The lowest BCUT2D eigenvalue weighted by atomic mass is 9.91. The lowest BCUT2D eigenvalue weighted by Gasteiger charge is -2.37. The maximum Gasteiger partial charge on any atom is 0.355 e. The largest absolute Gasteiger partial charge is 0.461 e. The van der Waals surface area contributed by atoms with Crippen molar-refractivity contribution in [2.75, 3.05) is 6.61 Å². The van der Waals surface area contributed by atoms with Crippen molar-refractivity contribution in [3.05, 3.63) is 46.7 Å². The summed E-state index contributed by atoms with van der Waals surface area (Å²) in [5.74, 6) is -0.659. The number of ketones is 1.